The average Bonchev–Trinajstić information content (AvgIpc) is 2.59. The van der Waals surface area contributed by atoms with E-state index in [0.29, 0.717) is 13.2 Å². The molecule has 0 heterocycles. The first-order chi connectivity index (χ1) is 12.4. The third kappa shape index (κ3) is 6.90. The van der Waals surface area contributed by atoms with E-state index >= 15 is 0 Å². The van der Waals surface area contributed by atoms with Gasteiger partial charge in [0, 0.05) is 19.8 Å². The molecule has 0 fully saturated rings. The topological polar surface area (TPSA) is 45.1 Å². The van der Waals surface area contributed by atoms with Crippen LogP contribution in [0.3, 0.4) is 0 Å². The van der Waals surface area contributed by atoms with E-state index in [9.17, 15) is 4.79 Å². The molecule has 0 saturated heterocycles. The SMILES string of the molecule is CCCC/C=C(/CN(C)c1c(C)cccc1C)N(C)/N=C\C(=O)OCC. The highest BCUT2D eigenvalue weighted by Crippen LogP contribution is 2.24. The third-order valence-electron chi connectivity index (χ3n) is 4.20. The molecule has 0 aliphatic heterocycles. The van der Waals surface area contributed by atoms with Crippen LogP contribution in [-0.2, 0) is 9.53 Å². The summed E-state index contributed by atoms with van der Waals surface area (Å²) in [6, 6.07) is 6.33. The van der Waals surface area contributed by atoms with Gasteiger partial charge in [-0.05, 0) is 38.3 Å². The summed E-state index contributed by atoms with van der Waals surface area (Å²) >= 11 is 0. The molecular weight excluding hydrogens is 326 g/mol. The fraction of sp³-hybridized carbons (Fsp3) is 0.524. The highest BCUT2D eigenvalue weighted by Gasteiger charge is 2.12. The van der Waals surface area contributed by atoms with Crippen LogP contribution >= 0.6 is 0 Å². The summed E-state index contributed by atoms with van der Waals surface area (Å²) in [4.78, 5) is 13.8. The lowest BCUT2D eigenvalue weighted by molar-refractivity contribution is -0.134. The largest absolute Gasteiger partial charge is 0.462 e. The van der Waals surface area contributed by atoms with E-state index in [1.54, 1.807) is 11.9 Å². The van der Waals surface area contributed by atoms with Crippen LogP contribution in [0.5, 0.6) is 0 Å². The van der Waals surface area contributed by atoms with Gasteiger partial charge in [0.05, 0.1) is 18.8 Å². The van der Waals surface area contributed by atoms with E-state index in [1.807, 2.05) is 7.05 Å². The highest BCUT2D eigenvalue weighted by atomic mass is 16.5. The molecule has 5 heteroatoms. The number of benzene rings is 1. The maximum Gasteiger partial charge on any atom is 0.351 e. The molecule has 0 amide bonds. The van der Waals surface area contributed by atoms with Crippen molar-refractivity contribution in [2.24, 2.45) is 5.10 Å². The van der Waals surface area contributed by atoms with Crippen LogP contribution in [0.1, 0.15) is 44.2 Å². The number of carbonyl (C=O) groups is 1. The van der Waals surface area contributed by atoms with E-state index in [-0.39, 0.29) is 0 Å². The van der Waals surface area contributed by atoms with Gasteiger partial charge >= 0.3 is 5.97 Å². The Morgan fingerprint density at radius 1 is 1.19 bits per heavy atom. The van der Waals surface area contributed by atoms with Crippen molar-refractivity contribution < 1.29 is 9.53 Å². The summed E-state index contributed by atoms with van der Waals surface area (Å²) in [5.41, 5.74) is 4.79. The molecule has 0 aromatic heterocycles. The number of esters is 1. The minimum atomic E-state index is -0.421. The van der Waals surface area contributed by atoms with E-state index in [1.165, 1.54) is 23.0 Å². The molecule has 26 heavy (non-hydrogen) atoms. The van der Waals surface area contributed by atoms with Gasteiger partial charge in [0.1, 0.15) is 6.21 Å². The normalized spacial score (nSPS) is 11.7. The number of hydrogen-bond donors (Lipinski definition) is 0. The van der Waals surface area contributed by atoms with Gasteiger partial charge in [-0.15, -0.1) is 0 Å². The van der Waals surface area contributed by atoms with Gasteiger partial charge < -0.3 is 9.64 Å². The highest BCUT2D eigenvalue weighted by molar-refractivity contribution is 6.23. The Balaban J connectivity index is 2.95. The number of allylic oxidation sites excluding steroid dienone is 1. The molecule has 1 rings (SSSR count). The van der Waals surface area contributed by atoms with Crippen molar-refractivity contribution in [2.45, 2.75) is 47.0 Å². The zero-order valence-electron chi connectivity index (χ0n) is 17.1. The van der Waals surface area contributed by atoms with E-state index in [4.69, 9.17) is 4.74 Å². The van der Waals surface area contributed by atoms with Crippen molar-refractivity contribution in [1.82, 2.24) is 5.01 Å². The molecule has 0 radical (unpaired) electrons. The Morgan fingerprint density at radius 2 is 1.85 bits per heavy atom. The first-order valence-corrected chi connectivity index (χ1v) is 9.31. The Labute approximate surface area is 158 Å². The molecule has 144 valence electrons. The standard InChI is InChI=1S/C21H33N3O2/c1-7-9-10-14-19(24(6)22-15-20(25)26-8-2)16-23(5)21-17(3)12-11-13-18(21)4/h11-15H,7-10,16H2,1-6H3/b19-14-,22-15-. The predicted molar refractivity (Wildman–Crippen MR) is 110 cm³/mol. The maximum atomic E-state index is 11.5. The number of anilines is 1. The first-order valence-electron chi connectivity index (χ1n) is 9.31. The number of nitrogens with zero attached hydrogens (tertiary/aromatic N) is 3. The second-order valence-corrected chi connectivity index (χ2v) is 6.45. The zero-order chi connectivity index (χ0) is 19.5. The van der Waals surface area contributed by atoms with Gasteiger partial charge in [-0.3, -0.25) is 5.01 Å². The van der Waals surface area contributed by atoms with Crippen LogP contribution in [0.2, 0.25) is 0 Å². The molecule has 0 aliphatic carbocycles. The summed E-state index contributed by atoms with van der Waals surface area (Å²) in [6.45, 7) is 9.28. The molecule has 0 aliphatic rings. The lowest BCUT2D eigenvalue weighted by Gasteiger charge is -2.27. The van der Waals surface area contributed by atoms with Crippen LogP contribution in [0.25, 0.3) is 0 Å². The molecule has 0 bridgehead atoms. The van der Waals surface area contributed by atoms with Gasteiger partial charge in [0.25, 0.3) is 0 Å². The summed E-state index contributed by atoms with van der Waals surface area (Å²) in [5.74, 6) is -0.421. The number of unbranched alkanes of at least 4 members (excludes halogenated alkanes) is 2. The second kappa shape index (κ2) is 11.3. The van der Waals surface area contributed by atoms with Crippen molar-refractivity contribution in [3.05, 3.63) is 41.1 Å². The van der Waals surface area contributed by atoms with E-state index in [2.05, 4.69) is 62.1 Å². The molecule has 5 nitrogen and oxygen atoms in total. The van der Waals surface area contributed by atoms with Crippen LogP contribution < -0.4 is 4.90 Å². The number of ether oxygens (including phenoxy) is 1. The van der Waals surface area contributed by atoms with Gasteiger partial charge in [0.15, 0.2) is 0 Å². The van der Waals surface area contributed by atoms with Crippen molar-refractivity contribution in [3.63, 3.8) is 0 Å². The van der Waals surface area contributed by atoms with Crippen LogP contribution in [0.4, 0.5) is 5.69 Å². The number of rotatable bonds is 10. The number of aryl methyl sites for hydroxylation is 2. The minimum Gasteiger partial charge on any atom is -0.462 e. The quantitative estimate of drug-likeness (QED) is 0.270. The summed E-state index contributed by atoms with van der Waals surface area (Å²) in [5, 5.41) is 6.01. The number of hydrazone groups is 1. The number of likely N-dealkylation sites (N-methyl/N-ethyl adjacent to an activating group) is 2. The smallest absolute Gasteiger partial charge is 0.351 e. The predicted octanol–water partition coefficient (Wildman–Crippen LogP) is 4.29. The van der Waals surface area contributed by atoms with E-state index < -0.39 is 5.97 Å². The van der Waals surface area contributed by atoms with E-state index in [0.717, 1.165) is 25.0 Å². The van der Waals surface area contributed by atoms with Crippen molar-refractivity contribution in [2.75, 3.05) is 32.1 Å². The molecule has 0 N–H and O–H groups in total. The zero-order valence-corrected chi connectivity index (χ0v) is 17.1. The number of carbonyl (C=O) groups excluding carboxylic acids is 1. The van der Waals surface area contributed by atoms with Crippen LogP contribution in [0, 0.1) is 13.8 Å². The first kappa shape index (κ1) is 21.7. The summed E-state index contributed by atoms with van der Waals surface area (Å²) in [6.07, 6.45) is 6.70. The van der Waals surface area contributed by atoms with Crippen molar-refractivity contribution in [1.29, 1.82) is 0 Å². The Bertz CT molecular complexity index is 618. The maximum absolute atomic E-state index is 11.5. The summed E-state index contributed by atoms with van der Waals surface area (Å²) < 4.78 is 4.91. The second-order valence-electron chi connectivity index (χ2n) is 6.45. The minimum absolute atomic E-state index is 0.350. The monoisotopic (exact) mass is 359 g/mol. The van der Waals surface area contributed by atoms with Gasteiger partial charge in [0.2, 0.25) is 0 Å². The molecule has 0 spiro atoms. The molecule has 0 unspecified atom stereocenters. The van der Waals surface area contributed by atoms with Gasteiger partial charge in [-0.25, -0.2) is 4.79 Å². The number of hydrogen-bond acceptors (Lipinski definition) is 5. The lowest BCUT2D eigenvalue weighted by Crippen LogP contribution is -2.28. The fourth-order valence-corrected chi connectivity index (χ4v) is 2.89. The average molecular weight is 360 g/mol. The van der Waals surface area contributed by atoms with Crippen LogP contribution in [0.15, 0.2) is 35.1 Å². The molecule has 1 aromatic carbocycles. The number of para-hydroxylation sites is 1. The van der Waals surface area contributed by atoms with Gasteiger partial charge in [-0.1, -0.05) is 44.0 Å². The lowest BCUT2D eigenvalue weighted by atomic mass is 10.1. The molecular formula is C21H33N3O2. The Kier molecular flexibility index (Phi) is 9.48. The molecule has 1 aromatic rings. The summed E-state index contributed by atoms with van der Waals surface area (Å²) in [7, 11) is 3.96. The molecule has 0 atom stereocenters. The molecule has 0 saturated carbocycles. The van der Waals surface area contributed by atoms with Crippen molar-refractivity contribution in [3.8, 4) is 0 Å². The fourth-order valence-electron chi connectivity index (χ4n) is 2.89. The van der Waals surface area contributed by atoms with Crippen molar-refractivity contribution >= 4 is 17.9 Å². The van der Waals surface area contributed by atoms with Crippen LogP contribution in [-0.4, -0.2) is 44.4 Å². The Hall–Kier alpha value is -2.30. The Morgan fingerprint density at radius 3 is 2.42 bits per heavy atom. The van der Waals surface area contributed by atoms with Gasteiger partial charge in [-0.2, -0.15) is 5.10 Å². The third-order valence-corrected chi connectivity index (χ3v) is 4.20.